The fraction of sp³-hybridized carbons (Fsp3) is 0.250. The van der Waals surface area contributed by atoms with Crippen LogP contribution in [0.15, 0.2) is 41.0 Å². The van der Waals surface area contributed by atoms with Gasteiger partial charge in [-0.2, -0.15) is 0 Å². The summed E-state index contributed by atoms with van der Waals surface area (Å²) < 4.78 is 5.24. The quantitative estimate of drug-likeness (QED) is 0.914. The van der Waals surface area contributed by atoms with Gasteiger partial charge in [0.1, 0.15) is 5.76 Å². The third-order valence-corrected chi connectivity index (χ3v) is 4.08. The Hall–Kier alpha value is -1.98. The van der Waals surface area contributed by atoms with E-state index < -0.39 is 5.92 Å². The molecule has 1 aromatic carbocycles. The molecule has 3 rings (SSSR count). The van der Waals surface area contributed by atoms with Gasteiger partial charge in [0.05, 0.1) is 18.7 Å². The van der Waals surface area contributed by atoms with Crippen molar-refractivity contribution in [2.24, 2.45) is 5.92 Å². The molecule has 0 radical (unpaired) electrons. The number of benzene rings is 1. The van der Waals surface area contributed by atoms with Crippen LogP contribution in [0, 0.1) is 5.92 Å². The van der Waals surface area contributed by atoms with Crippen molar-refractivity contribution >= 4 is 40.7 Å². The molecule has 1 aliphatic rings. The minimum Gasteiger partial charge on any atom is -0.467 e. The number of anilines is 1. The smallest absolute Gasteiger partial charge is 0.229 e. The highest BCUT2D eigenvalue weighted by molar-refractivity contribution is 6.35. The van der Waals surface area contributed by atoms with Crippen LogP contribution >= 0.6 is 23.2 Å². The third-order valence-electron chi connectivity index (χ3n) is 3.64. The van der Waals surface area contributed by atoms with Gasteiger partial charge in [0.2, 0.25) is 11.8 Å². The summed E-state index contributed by atoms with van der Waals surface area (Å²) in [4.78, 5) is 26.0. The summed E-state index contributed by atoms with van der Waals surface area (Å²) in [6.45, 7) is 0.734. The lowest BCUT2D eigenvalue weighted by Gasteiger charge is -2.15. The molecule has 0 spiro atoms. The van der Waals surface area contributed by atoms with Gasteiger partial charge in [-0.1, -0.05) is 23.2 Å². The van der Waals surface area contributed by atoms with Crippen molar-refractivity contribution in [2.45, 2.75) is 13.0 Å². The van der Waals surface area contributed by atoms with Crippen molar-refractivity contribution < 1.29 is 14.0 Å². The fourth-order valence-electron chi connectivity index (χ4n) is 2.56. The monoisotopic (exact) mass is 352 g/mol. The van der Waals surface area contributed by atoms with Crippen molar-refractivity contribution in [3.05, 3.63) is 52.4 Å². The lowest BCUT2D eigenvalue weighted by Crippen LogP contribution is -2.27. The summed E-state index contributed by atoms with van der Waals surface area (Å²) in [5.74, 6) is 0.000514. The lowest BCUT2D eigenvalue weighted by atomic mass is 10.1. The summed E-state index contributed by atoms with van der Waals surface area (Å²) in [6.07, 6.45) is 1.74. The maximum Gasteiger partial charge on any atom is 0.229 e. The van der Waals surface area contributed by atoms with Crippen molar-refractivity contribution in [1.29, 1.82) is 0 Å². The maximum absolute atomic E-state index is 12.3. The first kappa shape index (κ1) is 15.9. The molecule has 2 amide bonds. The molecule has 1 N–H and O–H groups in total. The first-order valence-corrected chi connectivity index (χ1v) is 7.84. The van der Waals surface area contributed by atoms with Gasteiger partial charge in [-0.3, -0.25) is 9.59 Å². The fourth-order valence-corrected chi connectivity index (χ4v) is 3.09. The summed E-state index contributed by atoms with van der Waals surface area (Å²) >= 11 is 11.8. The average molecular weight is 353 g/mol. The van der Waals surface area contributed by atoms with Crippen LogP contribution in [0.1, 0.15) is 12.2 Å². The van der Waals surface area contributed by atoms with Crippen LogP contribution in [-0.2, 0) is 16.1 Å². The zero-order valence-corrected chi connectivity index (χ0v) is 13.6. The second kappa shape index (κ2) is 6.64. The zero-order valence-electron chi connectivity index (χ0n) is 12.1. The molecule has 0 aliphatic carbocycles. The number of amides is 2. The number of furan rings is 1. The molecule has 5 nitrogen and oxygen atoms in total. The second-order valence-corrected chi connectivity index (χ2v) is 6.27. The van der Waals surface area contributed by atoms with Gasteiger partial charge in [-0.25, -0.2) is 0 Å². The Morgan fingerprint density at radius 1 is 1.30 bits per heavy atom. The van der Waals surface area contributed by atoms with Crippen molar-refractivity contribution in [2.75, 3.05) is 11.9 Å². The van der Waals surface area contributed by atoms with E-state index in [9.17, 15) is 9.59 Å². The summed E-state index contributed by atoms with van der Waals surface area (Å²) in [5.41, 5.74) is 0.518. The highest BCUT2D eigenvalue weighted by Gasteiger charge is 2.34. The molecule has 120 valence electrons. The largest absolute Gasteiger partial charge is 0.467 e. The average Bonchev–Trinajstić information content (AvgIpc) is 3.09. The van der Waals surface area contributed by atoms with E-state index in [2.05, 4.69) is 5.32 Å². The SMILES string of the molecule is O=C(Nc1cc(Cl)cc(Cl)c1)C1CC(=O)N(Cc2ccco2)C1. The molecule has 0 saturated carbocycles. The highest BCUT2D eigenvalue weighted by Crippen LogP contribution is 2.25. The number of halogens is 2. The van der Waals surface area contributed by atoms with E-state index in [0.29, 0.717) is 34.6 Å². The number of carbonyl (C=O) groups excluding carboxylic acids is 2. The molecular formula is C16H14Cl2N2O3. The first-order chi connectivity index (χ1) is 11.0. The standard InChI is InChI=1S/C16H14Cl2N2O3/c17-11-5-12(18)7-13(6-11)19-16(22)10-4-15(21)20(8-10)9-14-2-1-3-23-14/h1-3,5-7,10H,4,8-9H2,(H,19,22). The number of hydrogen-bond acceptors (Lipinski definition) is 3. The summed E-state index contributed by atoms with van der Waals surface area (Å²) in [7, 11) is 0. The molecule has 1 atom stereocenters. The van der Waals surface area contributed by atoms with E-state index in [4.69, 9.17) is 27.6 Å². The van der Waals surface area contributed by atoms with Gasteiger partial charge in [-0.15, -0.1) is 0 Å². The molecule has 1 fully saturated rings. The molecular weight excluding hydrogens is 339 g/mol. The van der Waals surface area contributed by atoms with E-state index in [1.807, 2.05) is 0 Å². The Morgan fingerprint density at radius 3 is 2.70 bits per heavy atom. The molecule has 1 aromatic heterocycles. The summed E-state index contributed by atoms with van der Waals surface area (Å²) in [6, 6.07) is 8.38. The molecule has 7 heteroatoms. The minimum absolute atomic E-state index is 0.0642. The predicted octanol–water partition coefficient (Wildman–Crippen LogP) is 3.57. The Morgan fingerprint density at radius 2 is 2.04 bits per heavy atom. The van der Waals surface area contributed by atoms with E-state index in [0.717, 1.165) is 0 Å². The van der Waals surface area contributed by atoms with Crippen LogP contribution in [0.5, 0.6) is 0 Å². The van der Waals surface area contributed by atoms with Crippen molar-refractivity contribution in [1.82, 2.24) is 4.90 Å². The predicted molar refractivity (Wildman–Crippen MR) is 87.3 cm³/mol. The first-order valence-electron chi connectivity index (χ1n) is 7.08. The number of carbonyl (C=O) groups is 2. The van der Waals surface area contributed by atoms with Crippen molar-refractivity contribution in [3.8, 4) is 0 Å². The number of nitrogens with one attached hydrogen (secondary N) is 1. The summed E-state index contributed by atoms with van der Waals surface area (Å²) in [5, 5.41) is 3.63. The Balaban J connectivity index is 1.63. The molecule has 23 heavy (non-hydrogen) atoms. The van der Waals surface area contributed by atoms with Gasteiger partial charge >= 0.3 is 0 Å². The van der Waals surface area contributed by atoms with Crippen LogP contribution in [0.3, 0.4) is 0 Å². The Labute approximate surface area is 143 Å². The van der Waals surface area contributed by atoms with Gasteiger partial charge in [0, 0.05) is 28.7 Å². The van der Waals surface area contributed by atoms with E-state index >= 15 is 0 Å². The molecule has 1 aliphatic heterocycles. The molecule has 0 bridgehead atoms. The highest BCUT2D eigenvalue weighted by atomic mass is 35.5. The molecule has 1 saturated heterocycles. The van der Waals surface area contributed by atoms with Crippen LogP contribution in [0.4, 0.5) is 5.69 Å². The van der Waals surface area contributed by atoms with Crippen molar-refractivity contribution in [3.63, 3.8) is 0 Å². The van der Waals surface area contributed by atoms with E-state index in [1.165, 1.54) is 0 Å². The van der Waals surface area contributed by atoms with E-state index in [-0.39, 0.29) is 18.2 Å². The molecule has 2 aromatic rings. The van der Waals surface area contributed by atoms with Gasteiger partial charge < -0.3 is 14.6 Å². The van der Waals surface area contributed by atoms with Gasteiger partial charge in [0.15, 0.2) is 0 Å². The third kappa shape index (κ3) is 3.86. The maximum atomic E-state index is 12.3. The molecule has 1 unspecified atom stereocenters. The number of rotatable bonds is 4. The molecule has 2 heterocycles. The van der Waals surface area contributed by atoms with Crippen LogP contribution in [-0.4, -0.2) is 23.3 Å². The topological polar surface area (TPSA) is 62.6 Å². The second-order valence-electron chi connectivity index (χ2n) is 5.40. The van der Waals surface area contributed by atoms with Gasteiger partial charge in [-0.05, 0) is 30.3 Å². The van der Waals surface area contributed by atoms with Crippen LogP contribution < -0.4 is 5.32 Å². The van der Waals surface area contributed by atoms with Crippen LogP contribution in [0.25, 0.3) is 0 Å². The normalized spacial score (nSPS) is 17.6. The number of hydrogen-bond donors (Lipinski definition) is 1. The minimum atomic E-state index is -0.407. The Bertz CT molecular complexity index is 711. The van der Waals surface area contributed by atoms with Gasteiger partial charge in [0.25, 0.3) is 0 Å². The zero-order chi connectivity index (χ0) is 16.4. The number of nitrogens with zero attached hydrogens (tertiary/aromatic N) is 1. The number of likely N-dealkylation sites (tertiary alicyclic amines) is 1. The Kier molecular flexibility index (Phi) is 4.59. The lowest BCUT2D eigenvalue weighted by molar-refractivity contribution is -0.128. The van der Waals surface area contributed by atoms with E-state index in [1.54, 1.807) is 41.5 Å². The van der Waals surface area contributed by atoms with Crippen LogP contribution in [0.2, 0.25) is 10.0 Å².